The molecular weight excluding hydrogens is 374 g/mol. The van der Waals surface area contributed by atoms with Crippen molar-refractivity contribution in [3.63, 3.8) is 0 Å². The number of nitrogens with two attached hydrogens (primary N) is 1. The summed E-state index contributed by atoms with van der Waals surface area (Å²) in [5, 5.41) is 0. The topological polar surface area (TPSA) is 51.2 Å². The molecule has 0 fully saturated rings. The highest BCUT2D eigenvalue weighted by Gasteiger charge is 2.23. The highest BCUT2D eigenvalue weighted by Crippen LogP contribution is 2.34. The van der Waals surface area contributed by atoms with Gasteiger partial charge in [-0.3, -0.25) is 5.84 Å². The van der Waals surface area contributed by atoms with E-state index in [-0.39, 0.29) is 4.47 Å². The van der Waals surface area contributed by atoms with Crippen LogP contribution in [-0.4, -0.2) is 0 Å². The Morgan fingerprint density at radius 2 is 1.94 bits per heavy atom. The van der Waals surface area contributed by atoms with Crippen molar-refractivity contribution in [3.05, 3.63) is 56.4 Å². The van der Waals surface area contributed by atoms with Crippen molar-refractivity contribution in [3.8, 4) is 0 Å². The van der Waals surface area contributed by atoms with Gasteiger partial charge >= 0.3 is 0 Å². The molecule has 2 rings (SSSR count). The second-order valence-corrected chi connectivity index (χ2v) is 5.14. The lowest BCUT2D eigenvalue weighted by atomic mass is 10.0. The number of benzene rings is 1. The molecule has 1 atom stereocenters. The Morgan fingerprint density at radius 3 is 2.50 bits per heavy atom. The second-order valence-electron chi connectivity index (χ2n) is 3.50. The number of hydrazine groups is 1. The van der Waals surface area contributed by atoms with E-state index in [1.165, 1.54) is 12.3 Å². The molecule has 3 N–H and O–H groups in total. The highest BCUT2D eigenvalue weighted by atomic mass is 79.9. The van der Waals surface area contributed by atoms with E-state index in [1.54, 1.807) is 6.07 Å². The minimum atomic E-state index is -0.963. The first-order valence-corrected chi connectivity index (χ1v) is 6.47. The zero-order valence-electron chi connectivity index (χ0n) is 8.88. The largest absolute Gasteiger partial charge is 0.466 e. The highest BCUT2D eigenvalue weighted by molar-refractivity contribution is 9.10. The van der Waals surface area contributed by atoms with Gasteiger partial charge in [-0.15, -0.1) is 0 Å². The van der Waals surface area contributed by atoms with Gasteiger partial charge in [-0.05, 0) is 49.6 Å². The van der Waals surface area contributed by atoms with Crippen molar-refractivity contribution < 1.29 is 13.2 Å². The van der Waals surface area contributed by atoms with Crippen LogP contribution in [-0.2, 0) is 0 Å². The minimum absolute atomic E-state index is 0.00810. The molecule has 18 heavy (non-hydrogen) atoms. The first-order chi connectivity index (χ1) is 8.56. The molecular formula is C11H8Br2F2N2O. The summed E-state index contributed by atoms with van der Waals surface area (Å²) in [7, 11) is 0. The maximum atomic E-state index is 13.5. The summed E-state index contributed by atoms with van der Waals surface area (Å²) in [5.74, 6) is 4.04. The third kappa shape index (κ3) is 2.35. The van der Waals surface area contributed by atoms with Gasteiger partial charge in [0.15, 0.2) is 11.6 Å². The Labute approximate surface area is 119 Å². The van der Waals surface area contributed by atoms with Crippen LogP contribution in [0.1, 0.15) is 17.4 Å². The fourth-order valence-electron chi connectivity index (χ4n) is 1.58. The number of nitrogens with one attached hydrogen (secondary N) is 1. The number of rotatable bonds is 3. The lowest BCUT2D eigenvalue weighted by molar-refractivity contribution is 0.444. The molecule has 1 heterocycles. The summed E-state index contributed by atoms with van der Waals surface area (Å²) in [6.45, 7) is 0. The summed E-state index contributed by atoms with van der Waals surface area (Å²) >= 11 is 6.31. The summed E-state index contributed by atoms with van der Waals surface area (Å²) in [6.07, 6.45) is 1.47. The molecule has 96 valence electrons. The predicted octanol–water partition coefficient (Wildman–Crippen LogP) is 3.64. The fraction of sp³-hybridized carbons (Fsp3) is 0.0909. The van der Waals surface area contributed by atoms with Crippen molar-refractivity contribution in [2.75, 3.05) is 0 Å². The summed E-state index contributed by atoms with van der Waals surface area (Å²) < 4.78 is 32.5. The molecule has 0 saturated carbocycles. The Hall–Kier alpha value is -0.760. The van der Waals surface area contributed by atoms with E-state index >= 15 is 0 Å². The average molecular weight is 382 g/mol. The molecule has 7 heteroatoms. The zero-order chi connectivity index (χ0) is 13.3. The van der Waals surface area contributed by atoms with Crippen LogP contribution >= 0.6 is 31.9 Å². The van der Waals surface area contributed by atoms with Crippen molar-refractivity contribution in [2.24, 2.45) is 5.84 Å². The third-order valence-electron chi connectivity index (χ3n) is 2.45. The van der Waals surface area contributed by atoms with Gasteiger partial charge in [-0.2, -0.15) is 0 Å². The van der Waals surface area contributed by atoms with Crippen molar-refractivity contribution in [2.45, 2.75) is 6.04 Å². The molecule has 3 nitrogen and oxygen atoms in total. The molecule has 2 aromatic rings. The van der Waals surface area contributed by atoms with Gasteiger partial charge in [0, 0.05) is 0 Å². The molecule has 0 aliphatic carbocycles. The van der Waals surface area contributed by atoms with Crippen LogP contribution in [0.4, 0.5) is 8.78 Å². The third-order valence-corrected chi connectivity index (χ3v) is 3.91. The normalized spacial score (nSPS) is 12.7. The predicted molar refractivity (Wildman–Crippen MR) is 69.6 cm³/mol. The lowest BCUT2D eigenvalue weighted by Gasteiger charge is -2.16. The summed E-state index contributed by atoms with van der Waals surface area (Å²) in [6, 6.07) is 3.56. The zero-order valence-corrected chi connectivity index (χ0v) is 12.1. The molecule has 0 aliphatic heterocycles. The number of halogens is 4. The minimum Gasteiger partial charge on any atom is -0.466 e. The monoisotopic (exact) mass is 380 g/mol. The molecule has 1 aromatic heterocycles. The Morgan fingerprint density at radius 1 is 1.22 bits per heavy atom. The van der Waals surface area contributed by atoms with Gasteiger partial charge in [-0.25, -0.2) is 14.2 Å². The van der Waals surface area contributed by atoms with Gasteiger partial charge in [0.2, 0.25) is 0 Å². The van der Waals surface area contributed by atoms with E-state index in [0.717, 1.165) is 6.07 Å². The molecule has 0 amide bonds. The van der Waals surface area contributed by atoms with E-state index in [2.05, 4.69) is 37.3 Å². The van der Waals surface area contributed by atoms with E-state index < -0.39 is 17.7 Å². The second kappa shape index (κ2) is 5.48. The average Bonchev–Trinajstić information content (AvgIpc) is 2.77. The molecule has 0 radical (unpaired) electrons. The van der Waals surface area contributed by atoms with Gasteiger partial charge in [0.1, 0.15) is 11.8 Å². The van der Waals surface area contributed by atoms with Crippen molar-refractivity contribution in [1.82, 2.24) is 5.43 Å². The molecule has 1 aromatic carbocycles. The van der Waals surface area contributed by atoms with E-state index in [0.29, 0.717) is 15.8 Å². The van der Waals surface area contributed by atoms with Crippen LogP contribution < -0.4 is 11.3 Å². The van der Waals surface area contributed by atoms with Gasteiger partial charge < -0.3 is 4.42 Å². The first-order valence-electron chi connectivity index (χ1n) is 4.88. The Bertz CT molecular complexity index is 574. The van der Waals surface area contributed by atoms with Crippen LogP contribution in [0.2, 0.25) is 0 Å². The number of hydrogen-bond donors (Lipinski definition) is 2. The molecule has 0 spiro atoms. The smallest absolute Gasteiger partial charge is 0.173 e. The maximum absolute atomic E-state index is 13.5. The van der Waals surface area contributed by atoms with Crippen LogP contribution in [0.15, 0.2) is 37.8 Å². The van der Waals surface area contributed by atoms with Gasteiger partial charge in [0.05, 0.1) is 15.2 Å². The quantitative estimate of drug-likeness (QED) is 0.485. The molecule has 0 aliphatic rings. The molecule has 0 bridgehead atoms. The number of furan rings is 1. The SMILES string of the molecule is NNC(c1ccc(F)c(F)c1Br)c1occc1Br. The van der Waals surface area contributed by atoms with E-state index in [9.17, 15) is 8.78 Å². The fourth-order valence-corrected chi connectivity index (χ4v) is 2.56. The van der Waals surface area contributed by atoms with Crippen LogP contribution in [0.3, 0.4) is 0 Å². The molecule has 0 saturated heterocycles. The molecule has 1 unspecified atom stereocenters. The van der Waals surface area contributed by atoms with Crippen molar-refractivity contribution >= 4 is 31.9 Å². The Kier molecular flexibility index (Phi) is 4.16. The van der Waals surface area contributed by atoms with Gasteiger partial charge in [-0.1, -0.05) is 6.07 Å². The summed E-state index contributed by atoms with van der Waals surface area (Å²) in [5.41, 5.74) is 2.94. The van der Waals surface area contributed by atoms with Crippen LogP contribution in [0.5, 0.6) is 0 Å². The first kappa shape index (κ1) is 13.7. The summed E-state index contributed by atoms with van der Waals surface area (Å²) in [4.78, 5) is 0. The van der Waals surface area contributed by atoms with Crippen LogP contribution in [0, 0.1) is 11.6 Å². The van der Waals surface area contributed by atoms with E-state index in [1.807, 2.05) is 0 Å². The number of hydrogen-bond acceptors (Lipinski definition) is 3. The lowest BCUT2D eigenvalue weighted by Crippen LogP contribution is -2.29. The van der Waals surface area contributed by atoms with Crippen molar-refractivity contribution in [1.29, 1.82) is 0 Å². The Balaban J connectivity index is 2.53. The van der Waals surface area contributed by atoms with E-state index in [4.69, 9.17) is 10.3 Å². The van der Waals surface area contributed by atoms with Crippen LogP contribution in [0.25, 0.3) is 0 Å². The maximum Gasteiger partial charge on any atom is 0.173 e. The standard InChI is InChI=1S/C11H8Br2F2N2O/c12-6-3-4-18-11(6)10(17-16)5-1-2-7(14)9(15)8(5)13/h1-4,10,17H,16H2. The van der Waals surface area contributed by atoms with Gasteiger partial charge in [0.25, 0.3) is 0 Å².